The van der Waals surface area contributed by atoms with Crippen molar-refractivity contribution < 1.29 is 19.7 Å². The molecule has 0 radical (unpaired) electrons. The van der Waals surface area contributed by atoms with Gasteiger partial charge in [0.15, 0.2) is 0 Å². The molecule has 1 atom stereocenters. The SMILES string of the molecule is COc1cccc(C(=O)N(CCO)CC(C)O)c1. The van der Waals surface area contributed by atoms with Gasteiger partial charge in [-0.3, -0.25) is 4.79 Å². The Kier molecular flexibility index (Phi) is 5.61. The lowest BCUT2D eigenvalue weighted by atomic mass is 10.2. The number of benzene rings is 1. The van der Waals surface area contributed by atoms with Gasteiger partial charge in [-0.15, -0.1) is 0 Å². The fourth-order valence-electron chi connectivity index (χ4n) is 1.65. The van der Waals surface area contributed by atoms with Crippen LogP contribution in [0.15, 0.2) is 24.3 Å². The molecule has 2 N–H and O–H groups in total. The lowest BCUT2D eigenvalue weighted by Gasteiger charge is -2.23. The van der Waals surface area contributed by atoms with Gasteiger partial charge in [0.2, 0.25) is 0 Å². The van der Waals surface area contributed by atoms with E-state index in [1.54, 1.807) is 31.2 Å². The molecule has 0 fully saturated rings. The van der Waals surface area contributed by atoms with Crippen molar-refractivity contribution in [3.63, 3.8) is 0 Å². The molecule has 0 heterocycles. The molecule has 0 aromatic heterocycles. The van der Waals surface area contributed by atoms with Crippen LogP contribution < -0.4 is 4.74 Å². The van der Waals surface area contributed by atoms with Crippen LogP contribution in [-0.2, 0) is 0 Å². The van der Waals surface area contributed by atoms with Crippen molar-refractivity contribution in [3.8, 4) is 5.75 Å². The van der Waals surface area contributed by atoms with E-state index >= 15 is 0 Å². The quantitative estimate of drug-likeness (QED) is 0.775. The second-order valence-corrected chi connectivity index (χ2v) is 4.06. The van der Waals surface area contributed by atoms with E-state index in [0.717, 1.165) is 0 Å². The molecule has 1 amide bonds. The highest BCUT2D eigenvalue weighted by Gasteiger charge is 2.17. The van der Waals surface area contributed by atoms with Crippen molar-refractivity contribution in [3.05, 3.63) is 29.8 Å². The molecule has 0 spiro atoms. The smallest absolute Gasteiger partial charge is 0.254 e. The summed E-state index contributed by atoms with van der Waals surface area (Å²) in [5.41, 5.74) is 0.475. The van der Waals surface area contributed by atoms with Gasteiger partial charge in [0.25, 0.3) is 5.91 Å². The average molecular weight is 253 g/mol. The van der Waals surface area contributed by atoms with Gasteiger partial charge in [0.05, 0.1) is 19.8 Å². The standard InChI is InChI=1S/C13H19NO4/c1-10(16)9-14(6-7-15)13(17)11-4-3-5-12(8-11)18-2/h3-5,8,10,15-16H,6-7,9H2,1-2H3. The molecule has 5 nitrogen and oxygen atoms in total. The highest BCUT2D eigenvalue weighted by atomic mass is 16.5. The number of rotatable bonds is 6. The maximum absolute atomic E-state index is 12.2. The molecular formula is C13H19NO4. The average Bonchev–Trinajstić information content (AvgIpc) is 2.37. The molecule has 0 saturated carbocycles. The van der Waals surface area contributed by atoms with E-state index in [2.05, 4.69) is 0 Å². The predicted molar refractivity (Wildman–Crippen MR) is 67.7 cm³/mol. The molecule has 1 unspecified atom stereocenters. The summed E-state index contributed by atoms with van der Waals surface area (Å²) in [5.74, 6) is 0.366. The van der Waals surface area contributed by atoms with Gasteiger partial charge in [-0.05, 0) is 25.1 Å². The van der Waals surface area contributed by atoms with Gasteiger partial charge in [0, 0.05) is 18.7 Å². The third-order valence-corrected chi connectivity index (χ3v) is 2.46. The number of aliphatic hydroxyl groups is 2. The topological polar surface area (TPSA) is 70.0 Å². The van der Waals surface area contributed by atoms with E-state index in [1.807, 2.05) is 0 Å². The van der Waals surface area contributed by atoms with Crippen LogP contribution in [0.2, 0.25) is 0 Å². The highest BCUT2D eigenvalue weighted by molar-refractivity contribution is 5.94. The Balaban J connectivity index is 2.86. The summed E-state index contributed by atoms with van der Waals surface area (Å²) in [5, 5.41) is 18.3. The van der Waals surface area contributed by atoms with E-state index in [9.17, 15) is 9.90 Å². The number of aliphatic hydroxyl groups excluding tert-OH is 2. The minimum atomic E-state index is -0.633. The van der Waals surface area contributed by atoms with Crippen LogP contribution in [0.3, 0.4) is 0 Å². The number of hydrogen-bond donors (Lipinski definition) is 2. The highest BCUT2D eigenvalue weighted by Crippen LogP contribution is 2.14. The van der Waals surface area contributed by atoms with Gasteiger partial charge in [-0.2, -0.15) is 0 Å². The molecule has 0 saturated heterocycles. The van der Waals surface area contributed by atoms with Gasteiger partial charge in [-0.1, -0.05) is 6.07 Å². The lowest BCUT2D eigenvalue weighted by Crippen LogP contribution is -2.38. The third-order valence-electron chi connectivity index (χ3n) is 2.46. The fraction of sp³-hybridized carbons (Fsp3) is 0.462. The minimum absolute atomic E-state index is 0.136. The Morgan fingerprint density at radius 3 is 2.78 bits per heavy atom. The number of hydrogen-bond acceptors (Lipinski definition) is 4. The fourth-order valence-corrected chi connectivity index (χ4v) is 1.65. The number of nitrogens with zero attached hydrogens (tertiary/aromatic N) is 1. The largest absolute Gasteiger partial charge is 0.497 e. The maximum Gasteiger partial charge on any atom is 0.254 e. The van der Waals surface area contributed by atoms with Crippen LogP contribution in [0.25, 0.3) is 0 Å². The van der Waals surface area contributed by atoms with E-state index in [4.69, 9.17) is 9.84 Å². The summed E-state index contributed by atoms with van der Waals surface area (Å²) in [6, 6.07) is 6.79. The molecule has 0 aliphatic heterocycles. The van der Waals surface area contributed by atoms with E-state index in [0.29, 0.717) is 11.3 Å². The Hall–Kier alpha value is -1.59. The predicted octanol–water partition coefficient (Wildman–Crippen LogP) is 0.510. The lowest BCUT2D eigenvalue weighted by molar-refractivity contribution is 0.0605. The summed E-state index contributed by atoms with van der Waals surface area (Å²) in [7, 11) is 1.53. The molecule has 0 aliphatic rings. The Morgan fingerprint density at radius 1 is 1.50 bits per heavy atom. The molecule has 100 valence electrons. The van der Waals surface area contributed by atoms with Crippen molar-refractivity contribution in [2.45, 2.75) is 13.0 Å². The number of ether oxygens (including phenoxy) is 1. The van der Waals surface area contributed by atoms with E-state index in [-0.39, 0.29) is 25.6 Å². The van der Waals surface area contributed by atoms with Crippen molar-refractivity contribution in [2.24, 2.45) is 0 Å². The first-order valence-electron chi connectivity index (χ1n) is 5.80. The Labute approximate surface area is 107 Å². The van der Waals surface area contributed by atoms with Crippen molar-refractivity contribution in [1.82, 2.24) is 4.90 Å². The van der Waals surface area contributed by atoms with Crippen molar-refractivity contribution >= 4 is 5.91 Å². The number of methoxy groups -OCH3 is 1. The summed E-state index contributed by atoms with van der Waals surface area (Å²) in [6.07, 6.45) is -0.633. The summed E-state index contributed by atoms with van der Waals surface area (Å²) < 4.78 is 5.06. The number of carbonyl (C=O) groups excluding carboxylic acids is 1. The maximum atomic E-state index is 12.2. The first-order chi connectivity index (χ1) is 8.58. The molecule has 1 aromatic carbocycles. The Morgan fingerprint density at radius 2 is 2.22 bits per heavy atom. The zero-order valence-corrected chi connectivity index (χ0v) is 10.7. The zero-order valence-electron chi connectivity index (χ0n) is 10.7. The molecule has 0 aliphatic carbocycles. The van der Waals surface area contributed by atoms with Crippen LogP contribution >= 0.6 is 0 Å². The van der Waals surface area contributed by atoms with E-state index in [1.165, 1.54) is 12.0 Å². The molecule has 0 bridgehead atoms. The minimum Gasteiger partial charge on any atom is -0.497 e. The zero-order chi connectivity index (χ0) is 13.5. The van der Waals surface area contributed by atoms with Crippen LogP contribution in [-0.4, -0.2) is 53.9 Å². The summed E-state index contributed by atoms with van der Waals surface area (Å²) in [4.78, 5) is 13.6. The first-order valence-corrected chi connectivity index (χ1v) is 5.80. The molecule has 5 heteroatoms. The summed E-state index contributed by atoms with van der Waals surface area (Å²) in [6.45, 7) is 1.85. The van der Waals surface area contributed by atoms with Gasteiger partial charge >= 0.3 is 0 Å². The normalized spacial score (nSPS) is 12.0. The number of carbonyl (C=O) groups is 1. The monoisotopic (exact) mass is 253 g/mol. The second kappa shape index (κ2) is 6.98. The van der Waals surface area contributed by atoms with Gasteiger partial charge in [-0.25, -0.2) is 0 Å². The molecular weight excluding hydrogens is 234 g/mol. The van der Waals surface area contributed by atoms with Crippen LogP contribution in [0, 0.1) is 0 Å². The third kappa shape index (κ3) is 4.01. The van der Waals surface area contributed by atoms with Gasteiger partial charge in [0.1, 0.15) is 5.75 Å². The van der Waals surface area contributed by atoms with Crippen molar-refractivity contribution in [1.29, 1.82) is 0 Å². The second-order valence-electron chi connectivity index (χ2n) is 4.06. The van der Waals surface area contributed by atoms with Crippen molar-refractivity contribution in [2.75, 3.05) is 26.8 Å². The van der Waals surface area contributed by atoms with Crippen LogP contribution in [0.5, 0.6) is 5.75 Å². The van der Waals surface area contributed by atoms with Gasteiger partial charge < -0.3 is 19.8 Å². The molecule has 1 rings (SSSR count). The van der Waals surface area contributed by atoms with E-state index < -0.39 is 6.10 Å². The Bertz CT molecular complexity index is 392. The number of amides is 1. The van der Waals surface area contributed by atoms with Crippen LogP contribution in [0.4, 0.5) is 0 Å². The van der Waals surface area contributed by atoms with Crippen LogP contribution in [0.1, 0.15) is 17.3 Å². The summed E-state index contributed by atoms with van der Waals surface area (Å²) >= 11 is 0. The molecule has 18 heavy (non-hydrogen) atoms. The molecule has 1 aromatic rings. The first kappa shape index (κ1) is 14.5.